The number of carbonyl (C=O) groups excluding carboxylic acids is 1. The van der Waals surface area contributed by atoms with E-state index in [9.17, 15) is 9.59 Å². The number of carboxylic acids is 1. The highest BCUT2D eigenvalue weighted by molar-refractivity contribution is 5.87. The third kappa shape index (κ3) is 4.26. The van der Waals surface area contributed by atoms with Gasteiger partial charge in [0.15, 0.2) is 0 Å². The minimum absolute atomic E-state index is 0.204. The molecular weight excluding hydrogens is 256 g/mol. The van der Waals surface area contributed by atoms with Crippen molar-refractivity contribution >= 4 is 12.0 Å². The molecule has 2 rings (SSSR count). The molecule has 0 atom stereocenters. The van der Waals surface area contributed by atoms with Gasteiger partial charge >= 0.3 is 12.0 Å². The SMILES string of the molecule is O=C(NCCC1CCC1)NCc1cccc(C(=O)O)c1. The highest BCUT2D eigenvalue weighted by Crippen LogP contribution is 2.28. The van der Waals surface area contributed by atoms with E-state index in [0.717, 1.165) is 17.9 Å². The second-order valence-corrected chi connectivity index (χ2v) is 5.20. The van der Waals surface area contributed by atoms with Gasteiger partial charge in [-0.25, -0.2) is 9.59 Å². The highest BCUT2D eigenvalue weighted by Gasteiger charge is 2.16. The summed E-state index contributed by atoms with van der Waals surface area (Å²) in [6.07, 6.45) is 4.93. The van der Waals surface area contributed by atoms with E-state index in [1.54, 1.807) is 18.2 Å². The molecule has 1 saturated carbocycles. The van der Waals surface area contributed by atoms with Gasteiger partial charge in [-0.1, -0.05) is 31.4 Å². The van der Waals surface area contributed by atoms with Gasteiger partial charge in [0.1, 0.15) is 0 Å². The molecule has 1 aromatic carbocycles. The Morgan fingerprint density at radius 1 is 1.25 bits per heavy atom. The maximum atomic E-state index is 11.6. The van der Waals surface area contributed by atoms with Crippen molar-refractivity contribution in [2.75, 3.05) is 6.54 Å². The molecule has 1 aromatic rings. The molecule has 1 aliphatic rings. The maximum Gasteiger partial charge on any atom is 0.335 e. The van der Waals surface area contributed by atoms with Crippen molar-refractivity contribution in [3.05, 3.63) is 35.4 Å². The van der Waals surface area contributed by atoms with Crippen LogP contribution in [0.5, 0.6) is 0 Å². The molecule has 0 radical (unpaired) electrons. The number of aromatic carboxylic acids is 1. The van der Waals surface area contributed by atoms with Gasteiger partial charge in [-0.3, -0.25) is 0 Å². The van der Waals surface area contributed by atoms with E-state index in [-0.39, 0.29) is 11.6 Å². The number of amides is 2. The number of nitrogens with one attached hydrogen (secondary N) is 2. The fourth-order valence-electron chi connectivity index (χ4n) is 2.23. The highest BCUT2D eigenvalue weighted by atomic mass is 16.4. The van der Waals surface area contributed by atoms with Gasteiger partial charge in [0.2, 0.25) is 0 Å². The lowest BCUT2D eigenvalue weighted by molar-refractivity contribution is 0.0696. The van der Waals surface area contributed by atoms with Crippen LogP contribution in [0.2, 0.25) is 0 Å². The Kier molecular flexibility index (Phi) is 4.98. The second kappa shape index (κ2) is 6.93. The minimum atomic E-state index is -0.961. The molecule has 20 heavy (non-hydrogen) atoms. The maximum absolute atomic E-state index is 11.6. The van der Waals surface area contributed by atoms with Crippen molar-refractivity contribution < 1.29 is 14.7 Å². The van der Waals surface area contributed by atoms with Crippen LogP contribution in [0.25, 0.3) is 0 Å². The summed E-state index contributed by atoms with van der Waals surface area (Å²) in [5, 5.41) is 14.4. The lowest BCUT2D eigenvalue weighted by Crippen LogP contribution is -2.36. The second-order valence-electron chi connectivity index (χ2n) is 5.20. The number of hydrogen-bond acceptors (Lipinski definition) is 2. The van der Waals surface area contributed by atoms with Crippen LogP contribution >= 0.6 is 0 Å². The van der Waals surface area contributed by atoms with Gasteiger partial charge < -0.3 is 15.7 Å². The van der Waals surface area contributed by atoms with E-state index in [0.29, 0.717) is 13.1 Å². The van der Waals surface area contributed by atoms with Gasteiger partial charge in [-0.2, -0.15) is 0 Å². The smallest absolute Gasteiger partial charge is 0.335 e. The lowest BCUT2D eigenvalue weighted by atomic mass is 9.83. The third-order valence-electron chi connectivity index (χ3n) is 3.69. The summed E-state index contributed by atoms with van der Waals surface area (Å²) in [5.74, 6) is -0.181. The molecule has 5 nitrogen and oxygen atoms in total. The predicted molar refractivity (Wildman–Crippen MR) is 75.6 cm³/mol. The van der Waals surface area contributed by atoms with Crippen molar-refractivity contribution in [1.82, 2.24) is 10.6 Å². The minimum Gasteiger partial charge on any atom is -0.478 e. The number of hydrogen-bond donors (Lipinski definition) is 3. The van der Waals surface area contributed by atoms with Crippen molar-refractivity contribution in [2.24, 2.45) is 5.92 Å². The number of benzene rings is 1. The summed E-state index contributed by atoms with van der Waals surface area (Å²) in [5.41, 5.74) is 1.01. The topological polar surface area (TPSA) is 78.4 Å². The number of rotatable bonds is 6. The summed E-state index contributed by atoms with van der Waals surface area (Å²) in [7, 11) is 0. The van der Waals surface area contributed by atoms with Crippen LogP contribution in [0.4, 0.5) is 4.79 Å². The van der Waals surface area contributed by atoms with Gasteiger partial charge in [0.05, 0.1) is 5.56 Å². The van der Waals surface area contributed by atoms with Crippen molar-refractivity contribution in [3.63, 3.8) is 0 Å². The molecule has 1 fully saturated rings. The number of urea groups is 1. The van der Waals surface area contributed by atoms with E-state index in [1.807, 2.05) is 0 Å². The Bertz CT molecular complexity index is 484. The first-order valence-electron chi connectivity index (χ1n) is 6.99. The Morgan fingerprint density at radius 2 is 2.05 bits per heavy atom. The Hall–Kier alpha value is -2.04. The third-order valence-corrected chi connectivity index (χ3v) is 3.69. The van der Waals surface area contributed by atoms with Gasteiger partial charge in [0.25, 0.3) is 0 Å². The van der Waals surface area contributed by atoms with E-state index in [4.69, 9.17) is 5.11 Å². The van der Waals surface area contributed by atoms with Crippen molar-refractivity contribution in [3.8, 4) is 0 Å². The van der Waals surface area contributed by atoms with Crippen molar-refractivity contribution in [2.45, 2.75) is 32.2 Å². The molecule has 0 bridgehead atoms. The van der Waals surface area contributed by atoms with Gasteiger partial charge in [-0.15, -0.1) is 0 Å². The van der Waals surface area contributed by atoms with E-state index in [2.05, 4.69) is 10.6 Å². The monoisotopic (exact) mass is 276 g/mol. The molecule has 0 heterocycles. The normalized spacial score (nSPS) is 14.4. The summed E-state index contributed by atoms with van der Waals surface area (Å²) in [4.78, 5) is 22.4. The molecule has 1 aliphatic carbocycles. The molecule has 0 unspecified atom stereocenters. The molecule has 3 N–H and O–H groups in total. The first-order valence-corrected chi connectivity index (χ1v) is 6.99. The first kappa shape index (κ1) is 14.4. The van der Waals surface area contributed by atoms with Crippen LogP contribution in [0, 0.1) is 5.92 Å². The Morgan fingerprint density at radius 3 is 2.70 bits per heavy atom. The zero-order valence-corrected chi connectivity index (χ0v) is 11.4. The van der Waals surface area contributed by atoms with Crippen LogP contribution in [-0.4, -0.2) is 23.7 Å². The standard InChI is InChI=1S/C15H20N2O3/c18-14(19)13-6-2-5-12(9-13)10-17-15(20)16-8-7-11-3-1-4-11/h2,5-6,9,11H,1,3-4,7-8,10H2,(H,18,19)(H2,16,17,20). The Balaban J connectivity index is 1.69. The van der Waals surface area contributed by atoms with E-state index < -0.39 is 5.97 Å². The lowest BCUT2D eigenvalue weighted by Gasteiger charge is -2.25. The van der Waals surface area contributed by atoms with Crippen LogP contribution in [0.3, 0.4) is 0 Å². The van der Waals surface area contributed by atoms with Gasteiger partial charge in [0, 0.05) is 13.1 Å². The van der Waals surface area contributed by atoms with Crippen LogP contribution < -0.4 is 10.6 Å². The molecule has 0 aromatic heterocycles. The molecular formula is C15H20N2O3. The molecule has 0 spiro atoms. The number of carboxylic acid groups (broad SMARTS) is 1. The largest absolute Gasteiger partial charge is 0.478 e. The quantitative estimate of drug-likeness (QED) is 0.746. The fraction of sp³-hybridized carbons (Fsp3) is 0.467. The van der Waals surface area contributed by atoms with Crippen LogP contribution in [0.1, 0.15) is 41.6 Å². The van der Waals surface area contributed by atoms with Crippen LogP contribution in [0.15, 0.2) is 24.3 Å². The molecule has 0 saturated heterocycles. The van der Waals surface area contributed by atoms with Crippen LogP contribution in [-0.2, 0) is 6.54 Å². The molecule has 108 valence electrons. The number of carbonyl (C=O) groups is 2. The van der Waals surface area contributed by atoms with E-state index in [1.165, 1.54) is 25.3 Å². The molecule has 2 amide bonds. The van der Waals surface area contributed by atoms with Gasteiger partial charge in [-0.05, 0) is 30.0 Å². The van der Waals surface area contributed by atoms with Crippen molar-refractivity contribution in [1.29, 1.82) is 0 Å². The zero-order chi connectivity index (χ0) is 14.4. The fourth-order valence-corrected chi connectivity index (χ4v) is 2.23. The molecule has 5 heteroatoms. The predicted octanol–water partition coefficient (Wildman–Crippen LogP) is 2.37. The van der Waals surface area contributed by atoms with E-state index >= 15 is 0 Å². The Labute approximate surface area is 118 Å². The molecule has 0 aliphatic heterocycles. The summed E-state index contributed by atoms with van der Waals surface area (Å²) in [6, 6.07) is 6.36. The average Bonchev–Trinajstić information content (AvgIpc) is 2.39. The first-order chi connectivity index (χ1) is 9.65. The zero-order valence-electron chi connectivity index (χ0n) is 11.4. The summed E-state index contributed by atoms with van der Waals surface area (Å²) >= 11 is 0. The average molecular weight is 276 g/mol. The summed E-state index contributed by atoms with van der Waals surface area (Å²) in [6.45, 7) is 1.03. The summed E-state index contributed by atoms with van der Waals surface area (Å²) < 4.78 is 0.